The Morgan fingerprint density at radius 3 is 2.26 bits per heavy atom. The molecule has 6 nitrogen and oxygen atoms in total. The predicted octanol–water partition coefficient (Wildman–Crippen LogP) is 4.30. The average molecular weight is 467 g/mol. The zero-order chi connectivity index (χ0) is 24.1. The van der Waals surface area contributed by atoms with Crippen LogP contribution in [0.5, 0.6) is 0 Å². The summed E-state index contributed by atoms with van der Waals surface area (Å²) in [5.41, 5.74) is 0.999. The number of urea groups is 1. The number of benzene rings is 1. The Bertz CT molecular complexity index is 916. The Morgan fingerprint density at radius 1 is 1.03 bits per heavy atom. The molecule has 2 aliphatic carbocycles. The molecule has 4 fully saturated rings. The lowest BCUT2D eigenvalue weighted by Crippen LogP contribution is -2.55. The number of amides is 3. The number of hydrogen-bond donors (Lipinski definition) is 0. The van der Waals surface area contributed by atoms with Gasteiger partial charge in [0.05, 0.1) is 11.1 Å². The summed E-state index contributed by atoms with van der Waals surface area (Å²) < 4.78 is 0. The van der Waals surface area contributed by atoms with E-state index in [9.17, 15) is 9.59 Å². The first-order valence-electron chi connectivity index (χ1n) is 13.3. The Hall–Kier alpha value is -2.08. The van der Waals surface area contributed by atoms with Crippen LogP contribution in [-0.4, -0.2) is 82.9 Å². The van der Waals surface area contributed by atoms with Crippen LogP contribution in [0.2, 0.25) is 0 Å². The van der Waals surface area contributed by atoms with Gasteiger partial charge in [-0.25, -0.2) is 4.79 Å². The minimum atomic E-state index is -0.327. The average Bonchev–Trinajstić information content (AvgIpc) is 3.48. The largest absolute Gasteiger partial charge is 0.336 e. The van der Waals surface area contributed by atoms with Gasteiger partial charge >= 0.3 is 6.03 Å². The van der Waals surface area contributed by atoms with Crippen molar-refractivity contribution in [1.29, 1.82) is 0 Å². The third-order valence-corrected chi connectivity index (χ3v) is 9.25. The van der Waals surface area contributed by atoms with E-state index >= 15 is 0 Å². The Labute approximate surface area is 205 Å². The smallest absolute Gasteiger partial charge is 0.320 e. The molecule has 2 aliphatic heterocycles. The molecule has 1 aromatic rings. The highest BCUT2D eigenvalue weighted by molar-refractivity contribution is 5.80. The monoisotopic (exact) mass is 466 g/mol. The van der Waals surface area contributed by atoms with Crippen molar-refractivity contribution in [3.63, 3.8) is 0 Å². The molecule has 0 aromatic heterocycles. The molecule has 3 amide bonds. The molecular weight excluding hydrogens is 424 g/mol. The molecule has 0 unspecified atom stereocenters. The molecule has 5 rings (SSSR count). The maximum absolute atomic E-state index is 13.8. The van der Waals surface area contributed by atoms with Crippen LogP contribution in [0, 0.1) is 5.92 Å². The van der Waals surface area contributed by atoms with Crippen LogP contribution in [-0.2, 0) is 10.3 Å². The molecule has 6 heteroatoms. The van der Waals surface area contributed by atoms with Gasteiger partial charge in [0.15, 0.2) is 0 Å². The molecular formula is C28H42N4O2. The van der Waals surface area contributed by atoms with E-state index in [1.54, 1.807) is 0 Å². The van der Waals surface area contributed by atoms with Gasteiger partial charge in [0.1, 0.15) is 0 Å². The minimum Gasteiger partial charge on any atom is -0.336 e. The topological polar surface area (TPSA) is 47.1 Å². The molecule has 0 N–H and O–H groups in total. The van der Waals surface area contributed by atoms with E-state index in [-0.39, 0.29) is 28.6 Å². The van der Waals surface area contributed by atoms with E-state index in [2.05, 4.69) is 73.0 Å². The van der Waals surface area contributed by atoms with Crippen LogP contribution in [0.1, 0.15) is 70.8 Å². The summed E-state index contributed by atoms with van der Waals surface area (Å²) in [5.74, 6) is 0.904. The van der Waals surface area contributed by atoms with Crippen molar-refractivity contribution in [2.24, 2.45) is 5.92 Å². The lowest BCUT2D eigenvalue weighted by Gasteiger charge is -2.51. The van der Waals surface area contributed by atoms with Gasteiger partial charge in [-0.15, -0.1) is 0 Å². The summed E-state index contributed by atoms with van der Waals surface area (Å²) >= 11 is 0. The fourth-order valence-electron chi connectivity index (χ4n) is 6.98. The Balaban J connectivity index is 1.38. The van der Waals surface area contributed by atoms with Crippen molar-refractivity contribution >= 4 is 11.9 Å². The highest BCUT2D eigenvalue weighted by Gasteiger charge is 2.56. The van der Waals surface area contributed by atoms with Gasteiger partial charge in [-0.1, -0.05) is 30.3 Å². The quantitative estimate of drug-likeness (QED) is 0.602. The lowest BCUT2D eigenvalue weighted by molar-refractivity contribution is -0.132. The van der Waals surface area contributed by atoms with Crippen molar-refractivity contribution in [2.75, 3.05) is 40.3 Å². The summed E-state index contributed by atoms with van der Waals surface area (Å²) in [6.07, 6.45) is 8.23. The Kier molecular flexibility index (Phi) is 5.94. The number of rotatable bonds is 7. The summed E-state index contributed by atoms with van der Waals surface area (Å²) in [5, 5.41) is 0. The van der Waals surface area contributed by atoms with Gasteiger partial charge in [0, 0.05) is 38.1 Å². The second kappa shape index (κ2) is 8.54. The molecule has 34 heavy (non-hydrogen) atoms. The SMILES string of the molecule is CN(C)[C@]1(c2ccccc2)CC[C@]2(CC1)CN(CC(C)(C)N1CCCC1=O)C(=O)N2CC1CC1. The number of nitrogens with zero attached hydrogens (tertiary/aromatic N) is 4. The van der Waals surface area contributed by atoms with Crippen LogP contribution < -0.4 is 0 Å². The van der Waals surface area contributed by atoms with E-state index < -0.39 is 0 Å². The number of carbonyl (C=O) groups is 2. The van der Waals surface area contributed by atoms with Crippen molar-refractivity contribution < 1.29 is 9.59 Å². The normalized spacial score (nSPS) is 30.3. The zero-order valence-corrected chi connectivity index (χ0v) is 21.6. The van der Waals surface area contributed by atoms with Crippen LogP contribution in [0.25, 0.3) is 0 Å². The maximum Gasteiger partial charge on any atom is 0.320 e. The van der Waals surface area contributed by atoms with E-state index in [0.29, 0.717) is 18.9 Å². The lowest BCUT2D eigenvalue weighted by atomic mass is 9.68. The molecule has 1 spiro atoms. The predicted molar refractivity (Wildman–Crippen MR) is 134 cm³/mol. The van der Waals surface area contributed by atoms with Crippen LogP contribution in [0.3, 0.4) is 0 Å². The number of hydrogen-bond acceptors (Lipinski definition) is 3. The van der Waals surface area contributed by atoms with Gasteiger partial charge < -0.3 is 14.7 Å². The minimum absolute atomic E-state index is 0.0233. The molecule has 0 bridgehead atoms. The van der Waals surface area contributed by atoms with Crippen LogP contribution in [0.15, 0.2) is 30.3 Å². The van der Waals surface area contributed by atoms with E-state index in [1.807, 2.05) is 4.90 Å². The third kappa shape index (κ3) is 4.02. The second-order valence-electron chi connectivity index (χ2n) is 12.2. The molecule has 2 saturated heterocycles. The highest BCUT2D eigenvalue weighted by atomic mass is 16.2. The fraction of sp³-hybridized carbons (Fsp3) is 0.714. The molecule has 186 valence electrons. The summed E-state index contributed by atoms with van der Waals surface area (Å²) in [4.78, 5) is 35.0. The summed E-state index contributed by atoms with van der Waals surface area (Å²) in [7, 11) is 4.41. The fourth-order valence-corrected chi connectivity index (χ4v) is 6.98. The second-order valence-corrected chi connectivity index (χ2v) is 12.2. The van der Waals surface area contributed by atoms with Crippen LogP contribution >= 0.6 is 0 Å². The standard InChI is InChI=1S/C28H42N4O2/c1-26(2,31-18-8-11-24(31)33)20-30-21-27(32(25(30)34)19-22-12-13-22)14-16-28(17-15-27,29(3)4)23-9-6-5-7-10-23/h5-7,9-10,22H,8,11-21H2,1-4H3/t27-,28+. The van der Waals surface area contributed by atoms with Gasteiger partial charge in [-0.3, -0.25) is 9.69 Å². The molecule has 4 aliphatic rings. The van der Waals surface area contributed by atoms with Crippen molar-refractivity contribution in [3.8, 4) is 0 Å². The van der Waals surface area contributed by atoms with Gasteiger partial charge in [0.25, 0.3) is 0 Å². The van der Waals surface area contributed by atoms with Crippen molar-refractivity contribution in [3.05, 3.63) is 35.9 Å². The summed E-state index contributed by atoms with van der Waals surface area (Å²) in [6, 6.07) is 11.1. The zero-order valence-electron chi connectivity index (χ0n) is 21.6. The van der Waals surface area contributed by atoms with Crippen molar-refractivity contribution in [1.82, 2.24) is 19.6 Å². The number of carbonyl (C=O) groups excluding carboxylic acids is 2. The summed E-state index contributed by atoms with van der Waals surface area (Å²) in [6.45, 7) is 7.40. The highest BCUT2D eigenvalue weighted by Crippen LogP contribution is 2.50. The van der Waals surface area contributed by atoms with Crippen LogP contribution in [0.4, 0.5) is 4.79 Å². The Morgan fingerprint density at radius 2 is 1.71 bits per heavy atom. The van der Waals surface area contributed by atoms with E-state index in [1.165, 1.54) is 18.4 Å². The van der Waals surface area contributed by atoms with E-state index in [0.717, 1.165) is 51.7 Å². The first-order valence-corrected chi connectivity index (χ1v) is 13.3. The first-order chi connectivity index (χ1) is 16.2. The van der Waals surface area contributed by atoms with Gasteiger partial charge in [-0.05, 0) is 84.4 Å². The number of likely N-dealkylation sites (tertiary alicyclic amines) is 1. The molecule has 2 saturated carbocycles. The third-order valence-electron chi connectivity index (χ3n) is 9.25. The van der Waals surface area contributed by atoms with Gasteiger partial charge in [0.2, 0.25) is 5.91 Å². The first kappa shape index (κ1) is 23.7. The molecule has 2 heterocycles. The van der Waals surface area contributed by atoms with E-state index in [4.69, 9.17) is 0 Å². The van der Waals surface area contributed by atoms with Gasteiger partial charge in [-0.2, -0.15) is 0 Å². The van der Waals surface area contributed by atoms with Crippen molar-refractivity contribution in [2.45, 2.75) is 81.8 Å². The maximum atomic E-state index is 13.8. The molecule has 0 atom stereocenters. The molecule has 0 radical (unpaired) electrons. The molecule has 1 aromatic carbocycles.